The van der Waals surface area contributed by atoms with Gasteiger partial charge < -0.3 is 10.1 Å². The molecule has 0 bridgehead atoms. The van der Waals surface area contributed by atoms with Gasteiger partial charge in [0.25, 0.3) is 5.91 Å². The zero-order valence-electron chi connectivity index (χ0n) is 18.2. The van der Waals surface area contributed by atoms with E-state index in [-0.39, 0.29) is 23.7 Å². The summed E-state index contributed by atoms with van der Waals surface area (Å²) in [7, 11) is 1.64. The number of nitrogens with zero attached hydrogens (tertiary/aromatic N) is 4. The van der Waals surface area contributed by atoms with E-state index in [1.807, 2.05) is 68.4 Å². The fraction of sp³-hybridized carbons (Fsp3) is 0.304. The van der Waals surface area contributed by atoms with E-state index in [2.05, 4.69) is 15.5 Å². The SMILES string of the molecule is COc1ccc([C@H]2CC(c3ccccc3)=NN2C(=O)CSc2nnc(NC(C)C)s2)cc1. The van der Waals surface area contributed by atoms with E-state index in [1.165, 1.54) is 23.1 Å². The largest absolute Gasteiger partial charge is 0.497 e. The molecule has 2 heterocycles. The van der Waals surface area contributed by atoms with Crippen molar-refractivity contribution < 1.29 is 9.53 Å². The molecule has 1 amide bonds. The number of hydrazone groups is 1. The number of nitrogens with one attached hydrogen (secondary N) is 1. The minimum Gasteiger partial charge on any atom is -0.497 e. The van der Waals surface area contributed by atoms with Crippen LogP contribution in [0, 0.1) is 0 Å². The summed E-state index contributed by atoms with van der Waals surface area (Å²) < 4.78 is 6.04. The maximum absolute atomic E-state index is 13.2. The predicted molar refractivity (Wildman–Crippen MR) is 130 cm³/mol. The van der Waals surface area contributed by atoms with Gasteiger partial charge in [-0.25, -0.2) is 5.01 Å². The summed E-state index contributed by atoms with van der Waals surface area (Å²) in [5.41, 5.74) is 2.96. The summed E-state index contributed by atoms with van der Waals surface area (Å²) in [5.74, 6) is 0.968. The first kappa shape index (κ1) is 22.3. The summed E-state index contributed by atoms with van der Waals surface area (Å²) in [5, 5.41) is 18.6. The second-order valence-electron chi connectivity index (χ2n) is 7.60. The minimum atomic E-state index is -0.156. The molecule has 1 atom stereocenters. The Morgan fingerprint density at radius 1 is 1.19 bits per heavy atom. The number of hydrogen-bond acceptors (Lipinski definition) is 8. The highest BCUT2D eigenvalue weighted by atomic mass is 32.2. The predicted octanol–water partition coefficient (Wildman–Crippen LogP) is 4.84. The highest BCUT2D eigenvalue weighted by Crippen LogP contribution is 2.35. The Morgan fingerprint density at radius 3 is 2.62 bits per heavy atom. The van der Waals surface area contributed by atoms with E-state index >= 15 is 0 Å². The molecule has 3 aromatic rings. The van der Waals surface area contributed by atoms with Crippen molar-refractivity contribution in [2.24, 2.45) is 5.10 Å². The van der Waals surface area contributed by atoms with Gasteiger partial charge in [-0.2, -0.15) is 5.10 Å². The minimum absolute atomic E-state index is 0.0599. The third-order valence-electron chi connectivity index (χ3n) is 4.91. The van der Waals surface area contributed by atoms with Gasteiger partial charge in [-0.05, 0) is 37.1 Å². The Labute approximate surface area is 195 Å². The van der Waals surface area contributed by atoms with E-state index in [0.717, 1.165) is 32.1 Å². The molecule has 9 heteroatoms. The molecule has 0 aliphatic carbocycles. The van der Waals surface area contributed by atoms with Gasteiger partial charge >= 0.3 is 0 Å². The quantitative estimate of drug-likeness (QED) is 0.478. The highest BCUT2D eigenvalue weighted by molar-refractivity contribution is 8.01. The molecule has 0 spiro atoms. The molecule has 166 valence electrons. The van der Waals surface area contributed by atoms with Gasteiger partial charge in [0.1, 0.15) is 5.75 Å². The number of methoxy groups -OCH3 is 1. The third kappa shape index (κ3) is 5.28. The lowest BCUT2D eigenvalue weighted by molar-refractivity contribution is -0.130. The van der Waals surface area contributed by atoms with Gasteiger partial charge in [0, 0.05) is 12.5 Å². The van der Waals surface area contributed by atoms with Gasteiger partial charge in [-0.15, -0.1) is 10.2 Å². The van der Waals surface area contributed by atoms with Crippen LogP contribution in [-0.4, -0.2) is 45.7 Å². The number of carbonyl (C=O) groups excluding carboxylic acids is 1. The van der Waals surface area contributed by atoms with Crippen molar-refractivity contribution >= 4 is 39.8 Å². The maximum Gasteiger partial charge on any atom is 0.253 e. The first-order valence-electron chi connectivity index (χ1n) is 10.3. The van der Waals surface area contributed by atoms with Crippen molar-refractivity contribution in [2.45, 2.75) is 36.7 Å². The molecule has 1 N–H and O–H groups in total. The fourth-order valence-corrected chi connectivity index (χ4v) is 5.14. The lowest BCUT2D eigenvalue weighted by atomic mass is 9.98. The number of rotatable bonds is 8. The molecule has 2 aromatic carbocycles. The Kier molecular flexibility index (Phi) is 7.06. The fourth-order valence-electron chi connectivity index (χ4n) is 3.39. The van der Waals surface area contributed by atoms with Crippen LogP contribution >= 0.6 is 23.1 Å². The molecule has 1 aromatic heterocycles. The lowest BCUT2D eigenvalue weighted by Crippen LogP contribution is -2.28. The van der Waals surface area contributed by atoms with Crippen LogP contribution in [0.1, 0.15) is 37.4 Å². The molecule has 1 aliphatic heterocycles. The van der Waals surface area contributed by atoms with Crippen molar-refractivity contribution in [3.05, 3.63) is 65.7 Å². The molecule has 4 rings (SSSR count). The van der Waals surface area contributed by atoms with Crippen LogP contribution in [0.15, 0.2) is 64.0 Å². The molecule has 0 unspecified atom stereocenters. The van der Waals surface area contributed by atoms with Crippen molar-refractivity contribution in [3.8, 4) is 5.75 Å². The summed E-state index contributed by atoms with van der Waals surface area (Å²) in [4.78, 5) is 13.2. The Hall–Kier alpha value is -2.91. The monoisotopic (exact) mass is 467 g/mol. The van der Waals surface area contributed by atoms with Gasteiger partial charge in [-0.3, -0.25) is 4.79 Å². The van der Waals surface area contributed by atoms with Crippen molar-refractivity contribution in [1.82, 2.24) is 15.2 Å². The molecule has 0 fully saturated rings. The number of carbonyl (C=O) groups is 1. The molecular formula is C23H25N5O2S2. The number of ether oxygens (including phenoxy) is 1. The molecule has 7 nitrogen and oxygen atoms in total. The van der Waals surface area contributed by atoms with Crippen molar-refractivity contribution in [2.75, 3.05) is 18.2 Å². The van der Waals surface area contributed by atoms with Crippen LogP contribution in [0.25, 0.3) is 0 Å². The van der Waals surface area contributed by atoms with E-state index < -0.39 is 0 Å². The van der Waals surface area contributed by atoms with Gasteiger partial charge in [0.15, 0.2) is 4.34 Å². The number of aromatic nitrogens is 2. The second-order valence-corrected chi connectivity index (χ2v) is 9.80. The van der Waals surface area contributed by atoms with Crippen LogP contribution < -0.4 is 10.1 Å². The third-order valence-corrected chi connectivity index (χ3v) is 6.88. The highest BCUT2D eigenvalue weighted by Gasteiger charge is 2.33. The van der Waals surface area contributed by atoms with Crippen LogP contribution in [0.4, 0.5) is 5.13 Å². The van der Waals surface area contributed by atoms with Gasteiger partial charge in [0.05, 0.1) is 24.6 Å². The first-order chi connectivity index (χ1) is 15.5. The zero-order chi connectivity index (χ0) is 22.5. The van der Waals surface area contributed by atoms with E-state index in [1.54, 1.807) is 12.1 Å². The summed E-state index contributed by atoms with van der Waals surface area (Å²) >= 11 is 2.84. The molecule has 1 aliphatic rings. The number of anilines is 1. The van der Waals surface area contributed by atoms with E-state index in [4.69, 9.17) is 9.84 Å². The van der Waals surface area contributed by atoms with Crippen molar-refractivity contribution in [3.63, 3.8) is 0 Å². The van der Waals surface area contributed by atoms with Crippen molar-refractivity contribution in [1.29, 1.82) is 0 Å². The van der Waals surface area contributed by atoms with E-state index in [9.17, 15) is 4.79 Å². The second kappa shape index (κ2) is 10.1. The molecular weight excluding hydrogens is 442 g/mol. The maximum atomic E-state index is 13.2. The number of hydrogen-bond donors (Lipinski definition) is 1. The first-order valence-corrected chi connectivity index (χ1v) is 12.2. The molecule has 0 saturated heterocycles. The zero-order valence-corrected chi connectivity index (χ0v) is 19.8. The van der Waals surface area contributed by atoms with Crippen LogP contribution in [0.2, 0.25) is 0 Å². The Balaban J connectivity index is 1.51. The van der Waals surface area contributed by atoms with E-state index in [0.29, 0.717) is 6.42 Å². The number of benzene rings is 2. The smallest absolute Gasteiger partial charge is 0.253 e. The standard InChI is InChI=1S/C23H25N5O2S2/c1-15(2)24-22-25-26-23(32-22)31-14-21(29)28-20(17-9-11-18(30-3)12-10-17)13-19(27-28)16-7-5-4-6-8-16/h4-12,15,20H,13-14H2,1-3H3,(H,24,25)/t20-/m1/s1. The lowest BCUT2D eigenvalue weighted by Gasteiger charge is -2.22. The molecule has 32 heavy (non-hydrogen) atoms. The number of thioether (sulfide) groups is 1. The van der Waals surface area contributed by atoms with Gasteiger partial charge in [-0.1, -0.05) is 65.6 Å². The molecule has 0 saturated carbocycles. The molecule has 0 radical (unpaired) electrons. The summed E-state index contributed by atoms with van der Waals surface area (Å²) in [6.07, 6.45) is 0.661. The van der Waals surface area contributed by atoms with Gasteiger partial charge in [0.2, 0.25) is 5.13 Å². The Bertz CT molecular complexity index is 1080. The summed E-state index contributed by atoms with van der Waals surface area (Å²) in [6.45, 7) is 4.10. The summed E-state index contributed by atoms with van der Waals surface area (Å²) in [6, 6.07) is 17.9. The number of amides is 1. The average Bonchev–Trinajstić information content (AvgIpc) is 3.45. The van der Waals surface area contributed by atoms with Crippen LogP contribution in [0.5, 0.6) is 5.75 Å². The average molecular weight is 468 g/mol. The Morgan fingerprint density at radius 2 is 1.94 bits per heavy atom. The van der Waals surface area contributed by atoms with Crippen LogP contribution in [-0.2, 0) is 4.79 Å². The van der Waals surface area contributed by atoms with Crippen LogP contribution in [0.3, 0.4) is 0 Å². The topological polar surface area (TPSA) is 79.7 Å². The normalized spacial score (nSPS) is 15.7.